The number of H-pyrrole nitrogens is 1. The fourth-order valence-electron chi connectivity index (χ4n) is 3.52. The van der Waals surface area contributed by atoms with Crippen LogP contribution in [0.15, 0.2) is 36.7 Å². The van der Waals surface area contributed by atoms with Crippen LogP contribution in [0.25, 0.3) is 16.1 Å². The van der Waals surface area contributed by atoms with Crippen molar-refractivity contribution >= 4 is 23.1 Å². The van der Waals surface area contributed by atoms with Gasteiger partial charge in [0.15, 0.2) is 17.8 Å². The molecule has 2 N–H and O–H groups in total. The van der Waals surface area contributed by atoms with Crippen molar-refractivity contribution in [1.82, 2.24) is 25.1 Å². The molecule has 9 heteroatoms. The third-order valence-corrected chi connectivity index (χ3v) is 5.25. The van der Waals surface area contributed by atoms with E-state index in [0.29, 0.717) is 11.6 Å². The summed E-state index contributed by atoms with van der Waals surface area (Å²) < 4.78 is 5.67. The van der Waals surface area contributed by atoms with Crippen LogP contribution in [0, 0.1) is 6.57 Å². The quantitative estimate of drug-likeness (QED) is 0.610. The lowest BCUT2D eigenvalue weighted by Gasteiger charge is -2.35. The molecule has 4 rings (SSSR count). The van der Waals surface area contributed by atoms with Crippen molar-refractivity contribution < 1.29 is 4.74 Å². The largest absolute Gasteiger partial charge is 0.496 e. The summed E-state index contributed by atoms with van der Waals surface area (Å²) in [5, 5.41) is 10.4. The molecule has 0 spiro atoms. The SMILES string of the molecule is [C-]#[N+]c1cnc(Nc2cc(-c3ccc(N4CCN(CC)CC4)cc3OC)[nH]n2)cn1. The maximum absolute atomic E-state index is 6.94. The Morgan fingerprint density at radius 3 is 2.63 bits per heavy atom. The fraction of sp³-hybridized carbons (Fsp3) is 0.333. The van der Waals surface area contributed by atoms with Gasteiger partial charge >= 0.3 is 0 Å². The molecule has 1 fully saturated rings. The Kier molecular flexibility index (Phi) is 5.77. The van der Waals surface area contributed by atoms with Crippen LogP contribution >= 0.6 is 0 Å². The van der Waals surface area contributed by atoms with Gasteiger partial charge in [-0.25, -0.2) is 4.98 Å². The number of anilines is 3. The van der Waals surface area contributed by atoms with E-state index in [1.807, 2.05) is 6.07 Å². The number of nitrogens with one attached hydrogen (secondary N) is 2. The van der Waals surface area contributed by atoms with Crippen molar-refractivity contribution in [2.75, 3.05) is 50.1 Å². The van der Waals surface area contributed by atoms with E-state index >= 15 is 0 Å². The predicted octanol–water partition coefficient (Wildman–Crippen LogP) is 3.31. The molecule has 3 aromatic rings. The highest BCUT2D eigenvalue weighted by atomic mass is 16.5. The summed E-state index contributed by atoms with van der Waals surface area (Å²) in [6, 6.07) is 8.16. The molecular formula is C21H24N8O. The minimum atomic E-state index is 0.254. The van der Waals surface area contributed by atoms with Crippen molar-refractivity contribution in [1.29, 1.82) is 0 Å². The van der Waals surface area contributed by atoms with Crippen molar-refractivity contribution in [3.05, 3.63) is 48.1 Å². The van der Waals surface area contributed by atoms with Gasteiger partial charge in [-0.05, 0) is 18.7 Å². The zero-order chi connectivity index (χ0) is 20.9. The van der Waals surface area contributed by atoms with Crippen LogP contribution in [0.1, 0.15) is 6.92 Å². The van der Waals surface area contributed by atoms with Crippen LogP contribution < -0.4 is 15.0 Å². The van der Waals surface area contributed by atoms with Crippen molar-refractivity contribution in [3.8, 4) is 17.0 Å². The lowest BCUT2D eigenvalue weighted by atomic mass is 10.1. The number of hydrogen-bond donors (Lipinski definition) is 2. The van der Waals surface area contributed by atoms with Gasteiger partial charge in [0.05, 0.1) is 19.0 Å². The van der Waals surface area contributed by atoms with Gasteiger partial charge in [-0.3, -0.25) is 5.10 Å². The minimum Gasteiger partial charge on any atom is -0.496 e. The molecule has 0 unspecified atom stereocenters. The summed E-state index contributed by atoms with van der Waals surface area (Å²) in [6.45, 7) is 14.4. The molecule has 9 nitrogen and oxygen atoms in total. The van der Waals surface area contributed by atoms with E-state index in [0.717, 1.165) is 49.7 Å². The van der Waals surface area contributed by atoms with E-state index in [9.17, 15) is 0 Å². The van der Waals surface area contributed by atoms with Gasteiger partial charge < -0.3 is 24.7 Å². The highest BCUT2D eigenvalue weighted by Gasteiger charge is 2.18. The fourth-order valence-corrected chi connectivity index (χ4v) is 3.52. The summed E-state index contributed by atoms with van der Waals surface area (Å²) in [6.07, 6.45) is 2.93. The molecule has 154 valence electrons. The molecule has 1 aliphatic heterocycles. The van der Waals surface area contributed by atoms with Crippen molar-refractivity contribution in [3.63, 3.8) is 0 Å². The first-order valence-corrected chi connectivity index (χ1v) is 9.87. The monoisotopic (exact) mass is 404 g/mol. The van der Waals surface area contributed by atoms with Gasteiger partial charge in [0.2, 0.25) is 0 Å². The van der Waals surface area contributed by atoms with Gasteiger partial charge in [0.25, 0.3) is 5.82 Å². The second-order valence-electron chi connectivity index (χ2n) is 6.97. The molecule has 2 aromatic heterocycles. The number of hydrogen-bond acceptors (Lipinski definition) is 7. The van der Waals surface area contributed by atoms with Crippen LogP contribution in [0.5, 0.6) is 5.75 Å². The van der Waals surface area contributed by atoms with E-state index in [2.05, 4.69) is 65.2 Å². The van der Waals surface area contributed by atoms with Gasteiger partial charge in [-0.1, -0.05) is 13.5 Å². The van der Waals surface area contributed by atoms with E-state index in [1.54, 1.807) is 7.11 Å². The Bertz CT molecular complexity index is 1030. The van der Waals surface area contributed by atoms with Crippen molar-refractivity contribution in [2.45, 2.75) is 6.92 Å². The standard InChI is InChI=1S/C21H24N8O/c1-4-28-7-9-29(10-8-28)15-5-6-16(18(11-15)30-3)17-12-19(27-26-17)25-21-14-23-20(22-2)13-24-21/h5-6,11-14H,4,7-10H2,1,3H3,(H2,24,25,26,27). The van der Waals surface area contributed by atoms with E-state index in [-0.39, 0.29) is 5.82 Å². The first kappa shape index (κ1) is 19.7. The molecule has 1 aromatic carbocycles. The molecule has 1 saturated heterocycles. The molecule has 0 atom stereocenters. The van der Waals surface area contributed by atoms with Crippen LogP contribution in [-0.4, -0.2) is 64.9 Å². The number of piperazine rings is 1. The number of nitrogens with zero attached hydrogens (tertiary/aromatic N) is 6. The van der Waals surface area contributed by atoms with Gasteiger partial charge in [-0.2, -0.15) is 5.10 Å². The molecule has 0 bridgehead atoms. The second-order valence-corrected chi connectivity index (χ2v) is 6.97. The zero-order valence-corrected chi connectivity index (χ0v) is 17.1. The average Bonchev–Trinajstić information content (AvgIpc) is 3.27. The van der Waals surface area contributed by atoms with Crippen LogP contribution in [0.4, 0.5) is 23.1 Å². The normalized spacial score (nSPS) is 14.4. The number of likely N-dealkylation sites (N-methyl/N-ethyl adjacent to an activating group) is 1. The Hall–Kier alpha value is -3.64. The van der Waals surface area contributed by atoms with Gasteiger partial charge in [-0.15, -0.1) is 4.98 Å². The van der Waals surface area contributed by atoms with Crippen molar-refractivity contribution in [2.24, 2.45) is 0 Å². The Labute approximate surface area is 175 Å². The minimum absolute atomic E-state index is 0.254. The van der Waals surface area contributed by atoms with Gasteiger partial charge in [0, 0.05) is 49.6 Å². The topological polar surface area (TPSA) is 86.6 Å². The molecular weight excluding hydrogens is 380 g/mol. The van der Waals surface area contributed by atoms with Crippen LogP contribution in [0.2, 0.25) is 0 Å². The summed E-state index contributed by atoms with van der Waals surface area (Å²) >= 11 is 0. The summed E-state index contributed by atoms with van der Waals surface area (Å²) in [5.41, 5.74) is 2.94. The third kappa shape index (κ3) is 4.18. The molecule has 30 heavy (non-hydrogen) atoms. The highest BCUT2D eigenvalue weighted by Crippen LogP contribution is 2.34. The van der Waals surface area contributed by atoms with Crippen LogP contribution in [-0.2, 0) is 0 Å². The molecule has 0 radical (unpaired) electrons. The Morgan fingerprint density at radius 1 is 1.13 bits per heavy atom. The number of benzene rings is 1. The Balaban J connectivity index is 1.50. The average molecular weight is 404 g/mol. The molecule has 0 amide bonds. The predicted molar refractivity (Wildman–Crippen MR) is 116 cm³/mol. The van der Waals surface area contributed by atoms with E-state index in [1.165, 1.54) is 18.1 Å². The molecule has 3 heterocycles. The number of aromatic amines is 1. The first-order chi connectivity index (χ1) is 14.7. The van der Waals surface area contributed by atoms with Crippen LogP contribution in [0.3, 0.4) is 0 Å². The smallest absolute Gasteiger partial charge is 0.288 e. The molecule has 1 aliphatic rings. The number of aromatic nitrogens is 4. The second kappa shape index (κ2) is 8.80. The lowest BCUT2D eigenvalue weighted by molar-refractivity contribution is 0.271. The number of methoxy groups -OCH3 is 1. The highest BCUT2D eigenvalue weighted by molar-refractivity contribution is 5.73. The Morgan fingerprint density at radius 2 is 1.97 bits per heavy atom. The first-order valence-electron chi connectivity index (χ1n) is 9.87. The zero-order valence-electron chi connectivity index (χ0n) is 17.1. The maximum atomic E-state index is 6.94. The maximum Gasteiger partial charge on any atom is 0.288 e. The number of rotatable bonds is 6. The summed E-state index contributed by atoms with van der Waals surface area (Å²) in [4.78, 5) is 16.3. The molecule has 0 saturated carbocycles. The van der Waals surface area contributed by atoms with E-state index in [4.69, 9.17) is 11.3 Å². The lowest BCUT2D eigenvalue weighted by Crippen LogP contribution is -2.46. The summed E-state index contributed by atoms with van der Waals surface area (Å²) in [7, 11) is 1.68. The summed E-state index contributed by atoms with van der Waals surface area (Å²) in [5.74, 6) is 2.18. The molecule has 0 aliphatic carbocycles. The van der Waals surface area contributed by atoms with Gasteiger partial charge in [0.1, 0.15) is 5.75 Å². The number of ether oxygens (including phenoxy) is 1. The van der Waals surface area contributed by atoms with E-state index < -0.39 is 0 Å². The third-order valence-electron chi connectivity index (χ3n) is 5.25.